The zero-order valence-corrected chi connectivity index (χ0v) is 15.1. The van der Waals surface area contributed by atoms with E-state index in [0.29, 0.717) is 28.3 Å². The maximum atomic E-state index is 12.6. The fourth-order valence-corrected chi connectivity index (χ4v) is 3.88. The molecule has 0 spiro atoms. The lowest BCUT2D eigenvalue weighted by Gasteiger charge is -2.16. The second-order valence-corrected chi connectivity index (χ2v) is 7.22. The number of carbonyl (C=O) groups is 1. The van der Waals surface area contributed by atoms with Crippen molar-refractivity contribution in [2.45, 2.75) is 31.6 Å². The van der Waals surface area contributed by atoms with Gasteiger partial charge in [0.1, 0.15) is 6.54 Å². The van der Waals surface area contributed by atoms with E-state index in [-0.39, 0.29) is 29.8 Å². The summed E-state index contributed by atoms with van der Waals surface area (Å²) in [7, 11) is 0. The first-order valence-corrected chi connectivity index (χ1v) is 8.81. The molecule has 28 heavy (non-hydrogen) atoms. The van der Waals surface area contributed by atoms with E-state index in [1.807, 2.05) is 6.07 Å². The largest absolute Gasteiger partial charge is 0.406 e. The first-order valence-electron chi connectivity index (χ1n) is 8.43. The summed E-state index contributed by atoms with van der Waals surface area (Å²) in [4.78, 5) is 21.1. The van der Waals surface area contributed by atoms with Crippen LogP contribution in [0.4, 0.5) is 19.1 Å². The molecule has 2 aromatic rings. The van der Waals surface area contributed by atoms with Crippen molar-refractivity contribution in [3.05, 3.63) is 51.3 Å². The molecule has 4 rings (SSSR count). The van der Waals surface area contributed by atoms with Crippen LogP contribution in [0.1, 0.15) is 32.7 Å². The Balaban J connectivity index is 1.50. The van der Waals surface area contributed by atoms with Crippen molar-refractivity contribution in [2.24, 2.45) is 0 Å². The van der Waals surface area contributed by atoms with Crippen LogP contribution in [-0.2, 0) is 19.4 Å². The fraction of sp³-hybridized carbons (Fsp3) is 0.333. The zero-order valence-electron chi connectivity index (χ0n) is 14.3. The smallest absolute Gasteiger partial charge is 0.351 e. The number of hydrogen-bond acceptors (Lipinski definition) is 5. The summed E-state index contributed by atoms with van der Waals surface area (Å²) in [5.41, 5.74) is 2.76. The van der Waals surface area contributed by atoms with Gasteiger partial charge >= 0.3 is 6.18 Å². The zero-order chi connectivity index (χ0) is 20.1. The van der Waals surface area contributed by atoms with E-state index in [1.165, 1.54) is 6.20 Å². The number of benzene rings is 1. The number of nitrogens with one attached hydrogen (secondary N) is 1. The number of nitrogens with zero attached hydrogens (tertiary/aromatic N) is 4. The van der Waals surface area contributed by atoms with E-state index in [9.17, 15) is 23.2 Å². The van der Waals surface area contributed by atoms with Gasteiger partial charge in [-0.05, 0) is 36.1 Å². The lowest BCUT2D eigenvalue weighted by atomic mass is 10.0. The Morgan fingerprint density at radius 3 is 2.86 bits per heavy atom. The monoisotopic (exact) mass is 407 g/mol. The number of carbonyl (C=O) groups excluding carboxylic acids is 1. The molecule has 1 atom stereocenters. The van der Waals surface area contributed by atoms with Crippen molar-refractivity contribution in [3.63, 3.8) is 0 Å². The van der Waals surface area contributed by atoms with E-state index in [2.05, 4.69) is 21.4 Å². The molecule has 0 radical (unpaired) electrons. The number of halogens is 4. The van der Waals surface area contributed by atoms with Gasteiger partial charge in [0.25, 0.3) is 5.91 Å². The van der Waals surface area contributed by atoms with Gasteiger partial charge in [-0.15, -0.1) is 0 Å². The maximum absolute atomic E-state index is 12.6. The van der Waals surface area contributed by atoms with Gasteiger partial charge in [-0.2, -0.15) is 18.4 Å². The normalized spacial score (nSPS) is 18.0. The van der Waals surface area contributed by atoms with Crippen molar-refractivity contribution < 1.29 is 18.0 Å². The third-order valence-corrected chi connectivity index (χ3v) is 4.99. The molecule has 10 heteroatoms. The van der Waals surface area contributed by atoms with E-state index in [1.54, 1.807) is 6.07 Å². The molecule has 1 aliphatic heterocycles. The molecule has 144 valence electrons. The van der Waals surface area contributed by atoms with Crippen LogP contribution < -0.4 is 5.32 Å². The summed E-state index contributed by atoms with van der Waals surface area (Å²) in [5.74, 6) is -0.483. The molecule has 1 amide bonds. The average Bonchev–Trinajstić information content (AvgIpc) is 3.13. The van der Waals surface area contributed by atoms with Crippen LogP contribution in [0.3, 0.4) is 0 Å². The number of nitriles is 1. The Bertz CT molecular complexity index is 1020. The van der Waals surface area contributed by atoms with Gasteiger partial charge < -0.3 is 10.2 Å². The highest BCUT2D eigenvalue weighted by molar-refractivity contribution is 6.30. The molecule has 1 unspecified atom stereocenters. The molecule has 6 nitrogen and oxygen atoms in total. The van der Waals surface area contributed by atoms with E-state index >= 15 is 0 Å². The van der Waals surface area contributed by atoms with Crippen LogP contribution in [-0.4, -0.2) is 39.5 Å². The number of anilines is 1. The van der Waals surface area contributed by atoms with Crippen LogP contribution in [0, 0.1) is 11.3 Å². The third-order valence-electron chi connectivity index (χ3n) is 4.77. The average molecular weight is 408 g/mol. The second-order valence-electron chi connectivity index (χ2n) is 6.78. The van der Waals surface area contributed by atoms with Gasteiger partial charge in [0.2, 0.25) is 5.95 Å². The molecular weight excluding hydrogens is 395 g/mol. The van der Waals surface area contributed by atoms with Crippen molar-refractivity contribution in [2.75, 3.05) is 11.9 Å². The Morgan fingerprint density at radius 2 is 2.14 bits per heavy atom. The number of aromatic nitrogens is 2. The molecule has 1 N–H and O–H groups in total. The number of alkyl halides is 3. The second kappa shape index (κ2) is 6.63. The van der Waals surface area contributed by atoms with Crippen LogP contribution in [0.2, 0.25) is 5.02 Å². The van der Waals surface area contributed by atoms with Crippen LogP contribution in [0.5, 0.6) is 0 Å². The molecule has 2 aliphatic rings. The van der Waals surface area contributed by atoms with Gasteiger partial charge in [-0.25, -0.2) is 9.97 Å². The van der Waals surface area contributed by atoms with E-state index in [0.717, 1.165) is 11.1 Å². The molecular formula is C18H13ClF3N5O. The van der Waals surface area contributed by atoms with Crippen molar-refractivity contribution in [1.29, 1.82) is 5.26 Å². The topological polar surface area (TPSA) is 81.9 Å². The number of amides is 1. The third kappa shape index (κ3) is 3.47. The van der Waals surface area contributed by atoms with E-state index < -0.39 is 18.6 Å². The quantitative estimate of drug-likeness (QED) is 0.845. The van der Waals surface area contributed by atoms with Crippen LogP contribution >= 0.6 is 11.6 Å². The lowest BCUT2D eigenvalue weighted by molar-refractivity contribution is -0.141. The molecule has 1 aromatic carbocycles. The standard InChI is InChI=1S/C18H13ClF3N5O/c19-11-1-9-3-12(4-13(9)10(2-11)5-23)25-17-24-6-14-15(26-17)7-27(16(14)28)8-18(20,21)22/h1-2,6,12H,3-4,7-8H2,(H,24,25,26). The fourth-order valence-electron chi connectivity index (χ4n) is 3.64. The van der Waals surface area contributed by atoms with Crippen molar-refractivity contribution in [1.82, 2.24) is 14.9 Å². The Kier molecular flexibility index (Phi) is 4.38. The van der Waals surface area contributed by atoms with Gasteiger partial charge in [0, 0.05) is 17.3 Å². The molecule has 0 fully saturated rings. The predicted octanol–water partition coefficient (Wildman–Crippen LogP) is 3.10. The Labute approximate surface area is 162 Å². The SMILES string of the molecule is N#Cc1cc(Cl)cc2c1CC(Nc1ncc3c(n1)CN(CC(F)(F)F)C3=O)C2. The van der Waals surface area contributed by atoms with Gasteiger partial charge in [0.05, 0.1) is 29.4 Å². The molecule has 0 saturated heterocycles. The highest BCUT2D eigenvalue weighted by Crippen LogP contribution is 2.31. The first-order chi connectivity index (χ1) is 13.2. The lowest BCUT2D eigenvalue weighted by Crippen LogP contribution is -2.34. The minimum absolute atomic E-state index is 0.0815. The van der Waals surface area contributed by atoms with Gasteiger partial charge in [0.15, 0.2) is 0 Å². The van der Waals surface area contributed by atoms with Crippen LogP contribution in [0.15, 0.2) is 18.3 Å². The molecule has 1 aromatic heterocycles. The number of fused-ring (bicyclic) bond motifs is 2. The molecule has 1 aliphatic carbocycles. The minimum atomic E-state index is -4.47. The Hall–Kier alpha value is -2.86. The van der Waals surface area contributed by atoms with E-state index in [4.69, 9.17) is 11.6 Å². The van der Waals surface area contributed by atoms with Gasteiger partial charge in [-0.3, -0.25) is 4.79 Å². The highest BCUT2D eigenvalue weighted by Gasteiger charge is 2.38. The first kappa shape index (κ1) is 18.5. The Morgan fingerprint density at radius 1 is 1.36 bits per heavy atom. The summed E-state index contributed by atoms with van der Waals surface area (Å²) >= 11 is 6.04. The van der Waals surface area contributed by atoms with Crippen molar-refractivity contribution in [3.8, 4) is 6.07 Å². The predicted molar refractivity (Wildman–Crippen MR) is 93.8 cm³/mol. The van der Waals surface area contributed by atoms with Crippen molar-refractivity contribution >= 4 is 23.5 Å². The molecule has 0 bridgehead atoms. The minimum Gasteiger partial charge on any atom is -0.351 e. The summed E-state index contributed by atoms with van der Waals surface area (Å²) < 4.78 is 37.8. The summed E-state index contributed by atoms with van der Waals surface area (Å²) in [6, 6.07) is 5.49. The van der Waals surface area contributed by atoms with Gasteiger partial charge in [-0.1, -0.05) is 11.6 Å². The molecule has 2 heterocycles. The summed E-state index contributed by atoms with van der Waals surface area (Å²) in [6.07, 6.45) is -2.02. The number of rotatable bonds is 3. The summed E-state index contributed by atoms with van der Waals surface area (Å²) in [6.45, 7) is -1.52. The summed E-state index contributed by atoms with van der Waals surface area (Å²) in [5, 5.41) is 12.9. The highest BCUT2D eigenvalue weighted by atomic mass is 35.5. The maximum Gasteiger partial charge on any atom is 0.406 e. The number of hydrogen-bond donors (Lipinski definition) is 1. The van der Waals surface area contributed by atoms with Crippen LogP contribution in [0.25, 0.3) is 0 Å². The molecule has 0 saturated carbocycles.